The lowest BCUT2D eigenvalue weighted by atomic mass is 10.1. The van der Waals surface area contributed by atoms with Gasteiger partial charge in [-0.1, -0.05) is 41.4 Å². The molecule has 0 bridgehead atoms. The number of anilines is 1. The van der Waals surface area contributed by atoms with Crippen molar-refractivity contribution < 1.29 is 4.79 Å². The van der Waals surface area contributed by atoms with E-state index in [0.29, 0.717) is 27.0 Å². The van der Waals surface area contributed by atoms with Crippen LogP contribution in [0.3, 0.4) is 0 Å². The lowest BCUT2D eigenvalue weighted by Gasteiger charge is -2.08. The van der Waals surface area contributed by atoms with Gasteiger partial charge >= 0.3 is 0 Å². The molecule has 0 unspecified atom stereocenters. The van der Waals surface area contributed by atoms with Gasteiger partial charge in [0.2, 0.25) is 5.91 Å². The van der Waals surface area contributed by atoms with Crippen LogP contribution in [0.1, 0.15) is 5.56 Å². The third-order valence-electron chi connectivity index (χ3n) is 2.68. The lowest BCUT2D eigenvalue weighted by molar-refractivity contribution is -0.115. The molecular formula is C15H10Cl2N2O. The second-order valence-corrected chi connectivity index (χ2v) is 4.90. The standard InChI is InChI=1S/C15H10Cl2N2O/c1-18-10-5-7-11(8-6-10)19-15(20)9-12-13(16)3-2-4-14(12)17/h2-8H,9H2,(H,19,20). The Hall–Kier alpha value is -2.02. The van der Waals surface area contributed by atoms with E-state index in [-0.39, 0.29) is 12.3 Å². The average Bonchev–Trinajstić information content (AvgIpc) is 2.44. The molecule has 100 valence electrons. The average molecular weight is 305 g/mol. The summed E-state index contributed by atoms with van der Waals surface area (Å²) in [4.78, 5) is 15.2. The number of benzene rings is 2. The fraction of sp³-hybridized carbons (Fsp3) is 0.0667. The van der Waals surface area contributed by atoms with Crippen LogP contribution in [0, 0.1) is 6.57 Å². The van der Waals surface area contributed by atoms with E-state index in [4.69, 9.17) is 29.8 Å². The molecule has 1 amide bonds. The van der Waals surface area contributed by atoms with Crippen molar-refractivity contribution in [3.8, 4) is 0 Å². The Bertz CT molecular complexity index is 655. The van der Waals surface area contributed by atoms with Crippen LogP contribution in [0.25, 0.3) is 4.85 Å². The highest BCUT2D eigenvalue weighted by Gasteiger charge is 2.10. The minimum absolute atomic E-state index is 0.100. The van der Waals surface area contributed by atoms with Crippen LogP contribution in [0.4, 0.5) is 11.4 Å². The molecule has 0 fully saturated rings. The fourth-order valence-corrected chi connectivity index (χ4v) is 2.22. The first-order valence-corrected chi connectivity index (χ1v) is 6.56. The lowest BCUT2D eigenvalue weighted by Crippen LogP contribution is -2.14. The molecule has 0 atom stereocenters. The third-order valence-corrected chi connectivity index (χ3v) is 3.39. The van der Waals surface area contributed by atoms with Crippen molar-refractivity contribution >= 4 is 40.5 Å². The Kier molecular flexibility index (Phi) is 4.62. The minimum atomic E-state index is -0.212. The fourth-order valence-electron chi connectivity index (χ4n) is 1.69. The zero-order valence-electron chi connectivity index (χ0n) is 10.4. The summed E-state index contributed by atoms with van der Waals surface area (Å²) in [5.41, 5.74) is 1.76. The maximum Gasteiger partial charge on any atom is 0.228 e. The van der Waals surface area contributed by atoms with Crippen molar-refractivity contribution in [2.75, 3.05) is 5.32 Å². The Labute approximate surface area is 127 Å². The molecular weight excluding hydrogens is 295 g/mol. The molecule has 3 nitrogen and oxygen atoms in total. The number of nitrogens with zero attached hydrogens (tertiary/aromatic N) is 1. The van der Waals surface area contributed by atoms with E-state index in [2.05, 4.69) is 10.2 Å². The van der Waals surface area contributed by atoms with E-state index in [1.165, 1.54) is 0 Å². The molecule has 0 saturated heterocycles. The number of rotatable bonds is 3. The number of nitrogens with one attached hydrogen (secondary N) is 1. The molecule has 0 radical (unpaired) electrons. The summed E-state index contributed by atoms with van der Waals surface area (Å²) >= 11 is 12.0. The summed E-state index contributed by atoms with van der Waals surface area (Å²) < 4.78 is 0. The highest BCUT2D eigenvalue weighted by molar-refractivity contribution is 6.36. The third kappa shape index (κ3) is 3.51. The summed E-state index contributed by atoms with van der Waals surface area (Å²) in [6, 6.07) is 11.8. The molecule has 0 saturated carbocycles. The largest absolute Gasteiger partial charge is 0.326 e. The summed E-state index contributed by atoms with van der Waals surface area (Å²) in [6.45, 7) is 6.86. The summed E-state index contributed by atoms with van der Waals surface area (Å²) in [6.07, 6.45) is 0.100. The zero-order valence-corrected chi connectivity index (χ0v) is 11.9. The maximum absolute atomic E-state index is 12.0. The molecule has 0 aromatic heterocycles. The summed E-state index contributed by atoms with van der Waals surface area (Å²) in [5.74, 6) is -0.212. The van der Waals surface area contributed by atoms with Crippen LogP contribution in [0.15, 0.2) is 42.5 Å². The smallest absolute Gasteiger partial charge is 0.228 e. The second-order valence-electron chi connectivity index (χ2n) is 4.08. The van der Waals surface area contributed by atoms with Gasteiger partial charge in [0.05, 0.1) is 13.0 Å². The number of carbonyl (C=O) groups is 1. The van der Waals surface area contributed by atoms with E-state index in [1.54, 1.807) is 42.5 Å². The van der Waals surface area contributed by atoms with Gasteiger partial charge in [-0.25, -0.2) is 4.85 Å². The first kappa shape index (κ1) is 14.4. The molecule has 20 heavy (non-hydrogen) atoms. The van der Waals surface area contributed by atoms with Gasteiger partial charge < -0.3 is 5.32 Å². The van der Waals surface area contributed by atoms with E-state index in [0.717, 1.165) is 0 Å². The molecule has 2 rings (SSSR count). The second kappa shape index (κ2) is 6.42. The van der Waals surface area contributed by atoms with Crippen LogP contribution in [0.2, 0.25) is 10.0 Å². The zero-order chi connectivity index (χ0) is 14.5. The van der Waals surface area contributed by atoms with Crippen LogP contribution in [-0.4, -0.2) is 5.91 Å². The van der Waals surface area contributed by atoms with Gasteiger partial charge in [0.25, 0.3) is 0 Å². The molecule has 0 spiro atoms. The highest BCUT2D eigenvalue weighted by Crippen LogP contribution is 2.25. The molecule has 5 heteroatoms. The van der Waals surface area contributed by atoms with Gasteiger partial charge in [-0.2, -0.15) is 0 Å². The van der Waals surface area contributed by atoms with E-state index in [1.807, 2.05) is 0 Å². The number of carbonyl (C=O) groups excluding carboxylic acids is 1. The Balaban J connectivity index is 2.07. The van der Waals surface area contributed by atoms with Crippen molar-refractivity contribution in [2.45, 2.75) is 6.42 Å². The Morgan fingerprint density at radius 3 is 2.25 bits per heavy atom. The molecule has 0 aliphatic heterocycles. The number of halogens is 2. The molecule has 0 aliphatic carbocycles. The first-order chi connectivity index (χ1) is 9.60. The van der Waals surface area contributed by atoms with Crippen molar-refractivity contribution in [3.63, 3.8) is 0 Å². The molecule has 1 N–H and O–H groups in total. The molecule has 0 aliphatic rings. The SMILES string of the molecule is [C-]#[N+]c1ccc(NC(=O)Cc2c(Cl)cccc2Cl)cc1. The first-order valence-electron chi connectivity index (χ1n) is 5.80. The monoisotopic (exact) mass is 304 g/mol. The van der Waals surface area contributed by atoms with Crippen molar-refractivity contribution in [1.29, 1.82) is 0 Å². The topological polar surface area (TPSA) is 33.5 Å². The van der Waals surface area contributed by atoms with Gasteiger partial charge in [-0.3, -0.25) is 4.79 Å². The van der Waals surface area contributed by atoms with Crippen molar-refractivity contribution in [2.24, 2.45) is 0 Å². The van der Waals surface area contributed by atoms with Crippen LogP contribution >= 0.6 is 23.2 Å². The van der Waals surface area contributed by atoms with E-state index < -0.39 is 0 Å². The number of hydrogen-bond donors (Lipinski definition) is 1. The van der Waals surface area contributed by atoms with Gasteiger partial charge in [-0.15, -0.1) is 0 Å². The van der Waals surface area contributed by atoms with Crippen LogP contribution in [-0.2, 0) is 11.2 Å². The van der Waals surface area contributed by atoms with Crippen LogP contribution < -0.4 is 5.32 Å². The van der Waals surface area contributed by atoms with Crippen LogP contribution in [0.5, 0.6) is 0 Å². The molecule has 2 aromatic carbocycles. The normalized spacial score (nSPS) is 9.85. The van der Waals surface area contributed by atoms with Crippen molar-refractivity contribution in [1.82, 2.24) is 0 Å². The maximum atomic E-state index is 12.0. The minimum Gasteiger partial charge on any atom is -0.326 e. The predicted octanol–water partition coefficient (Wildman–Crippen LogP) is 4.73. The van der Waals surface area contributed by atoms with E-state index in [9.17, 15) is 4.79 Å². The Morgan fingerprint density at radius 1 is 1.10 bits per heavy atom. The van der Waals surface area contributed by atoms with Gasteiger partial charge in [-0.05, 0) is 29.8 Å². The van der Waals surface area contributed by atoms with Gasteiger partial charge in [0.15, 0.2) is 5.69 Å². The van der Waals surface area contributed by atoms with Crippen molar-refractivity contribution in [3.05, 3.63) is 69.5 Å². The van der Waals surface area contributed by atoms with E-state index >= 15 is 0 Å². The quantitative estimate of drug-likeness (QED) is 0.817. The van der Waals surface area contributed by atoms with Gasteiger partial charge in [0.1, 0.15) is 0 Å². The summed E-state index contributed by atoms with van der Waals surface area (Å²) in [7, 11) is 0. The van der Waals surface area contributed by atoms with Gasteiger partial charge in [0, 0.05) is 15.7 Å². The molecule has 0 heterocycles. The summed E-state index contributed by atoms with van der Waals surface area (Å²) in [5, 5.41) is 3.67. The number of hydrogen-bond acceptors (Lipinski definition) is 1. The number of amides is 1. The predicted molar refractivity (Wildman–Crippen MR) is 81.5 cm³/mol. The Morgan fingerprint density at radius 2 is 1.70 bits per heavy atom. The highest BCUT2D eigenvalue weighted by atomic mass is 35.5. The molecule has 2 aromatic rings.